The number of aryl methyl sites for hydroxylation is 1. The van der Waals surface area contributed by atoms with Crippen LogP contribution in [-0.2, 0) is 17.9 Å². The van der Waals surface area contributed by atoms with Crippen LogP contribution in [0.1, 0.15) is 55.8 Å². The molecule has 9 nitrogen and oxygen atoms in total. The molecular weight excluding hydrogens is 516 g/mol. The summed E-state index contributed by atoms with van der Waals surface area (Å²) in [7, 11) is 0. The molecule has 0 saturated carbocycles. The molecule has 214 valence electrons. The van der Waals surface area contributed by atoms with Crippen molar-refractivity contribution in [3.63, 3.8) is 0 Å². The molecule has 3 atom stereocenters. The molecule has 0 amide bonds. The lowest BCUT2D eigenvalue weighted by molar-refractivity contribution is -0.137. The Morgan fingerprint density at radius 3 is 2.44 bits per heavy atom. The van der Waals surface area contributed by atoms with Gasteiger partial charge in [-0.2, -0.15) is 4.80 Å². The molecule has 9 heteroatoms. The summed E-state index contributed by atoms with van der Waals surface area (Å²) >= 11 is 0. The van der Waals surface area contributed by atoms with Gasteiger partial charge in [0, 0.05) is 43.7 Å². The highest BCUT2D eigenvalue weighted by molar-refractivity contribution is 5.66. The average molecular weight is 555 g/mol. The van der Waals surface area contributed by atoms with Gasteiger partial charge in [-0.05, 0) is 60.7 Å². The van der Waals surface area contributed by atoms with Crippen LogP contribution in [-0.4, -0.2) is 71.4 Å². The number of carboxylic acid groups (broad SMARTS) is 1. The van der Waals surface area contributed by atoms with Gasteiger partial charge in [-0.1, -0.05) is 66.7 Å². The number of phenols is 1. The lowest BCUT2D eigenvalue weighted by atomic mass is 9.92. The number of unbranched alkanes of at least 4 members (excludes halogenated alkanes) is 1. The number of tetrazole rings is 1. The van der Waals surface area contributed by atoms with Crippen LogP contribution in [0.5, 0.6) is 5.75 Å². The predicted octanol–water partition coefficient (Wildman–Crippen LogP) is 4.98. The van der Waals surface area contributed by atoms with Crippen LogP contribution in [0.25, 0.3) is 11.4 Å². The Balaban J connectivity index is 1.34. The van der Waals surface area contributed by atoms with Crippen molar-refractivity contribution in [3.8, 4) is 17.1 Å². The first-order valence-corrected chi connectivity index (χ1v) is 14.3. The summed E-state index contributed by atoms with van der Waals surface area (Å²) in [5, 5.41) is 32.0. The van der Waals surface area contributed by atoms with Crippen molar-refractivity contribution >= 4 is 5.97 Å². The zero-order valence-electron chi connectivity index (χ0n) is 23.7. The fourth-order valence-corrected chi connectivity index (χ4v) is 5.69. The van der Waals surface area contributed by atoms with Crippen molar-refractivity contribution in [2.45, 2.75) is 64.3 Å². The van der Waals surface area contributed by atoms with Crippen molar-refractivity contribution in [2.75, 3.05) is 13.1 Å². The third-order valence-corrected chi connectivity index (χ3v) is 7.85. The third kappa shape index (κ3) is 7.17. The third-order valence-electron chi connectivity index (χ3n) is 7.85. The fraction of sp³-hybridized carbons (Fsp3) is 0.375. The molecule has 41 heavy (non-hydrogen) atoms. The van der Waals surface area contributed by atoms with Crippen LogP contribution in [0.4, 0.5) is 0 Å². The first-order valence-electron chi connectivity index (χ1n) is 14.3. The number of carboxylic acids is 1. The molecule has 0 aliphatic carbocycles. The van der Waals surface area contributed by atoms with Crippen molar-refractivity contribution < 1.29 is 15.0 Å². The Morgan fingerprint density at radius 1 is 0.927 bits per heavy atom. The fourth-order valence-electron chi connectivity index (χ4n) is 5.69. The number of aromatic nitrogens is 4. The summed E-state index contributed by atoms with van der Waals surface area (Å²) in [6.07, 6.45) is 1.40. The first kappa shape index (κ1) is 28.4. The van der Waals surface area contributed by atoms with Crippen molar-refractivity contribution in [1.29, 1.82) is 0 Å². The maximum Gasteiger partial charge on any atom is 0.303 e. The van der Waals surface area contributed by atoms with Gasteiger partial charge >= 0.3 is 5.97 Å². The Morgan fingerprint density at radius 2 is 1.71 bits per heavy atom. The van der Waals surface area contributed by atoms with E-state index in [1.54, 1.807) is 6.07 Å². The predicted molar refractivity (Wildman–Crippen MR) is 157 cm³/mol. The largest absolute Gasteiger partial charge is 0.508 e. The van der Waals surface area contributed by atoms with Crippen LogP contribution >= 0.6 is 0 Å². The quantitative estimate of drug-likeness (QED) is 0.250. The van der Waals surface area contributed by atoms with Gasteiger partial charge in [0.05, 0.1) is 12.6 Å². The molecule has 1 aliphatic heterocycles. The molecule has 0 radical (unpaired) electrons. The van der Waals surface area contributed by atoms with E-state index in [-0.39, 0.29) is 18.2 Å². The summed E-state index contributed by atoms with van der Waals surface area (Å²) in [5.74, 6) is 0.0103. The Labute approximate surface area is 241 Å². The standard InChI is InChI=1S/C32H38N6O3/c1-23-21-37(24(2)20-36(23)22-25-9-4-3-5-10-25)31(28-11-8-12-29(39)19-28)26-14-16-27(17-15-26)32-33-35-38(34-32)18-7-6-13-30(40)41/h3-5,8-12,14-17,19,23-24,31,39H,6-7,13,18,20-22H2,1-2H3,(H,40,41)/t23-,24+,31-/m1/s1. The Hall–Kier alpha value is -4.08. The summed E-state index contributed by atoms with van der Waals surface area (Å²) in [5.41, 5.74) is 4.38. The minimum atomic E-state index is -0.792. The molecule has 5 rings (SSSR count). The molecule has 1 saturated heterocycles. The maximum absolute atomic E-state index is 10.7. The zero-order chi connectivity index (χ0) is 28.8. The average Bonchev–Trinajstić information content (AvgIpc) is 3.44. The van der Waals surface area contributed by atoms with Crippen LogP contribution in [0.3, 0.4) is 0 Å². The van der Waals surface area contributed by atoms with E-state index in [0.29, 0.717) is 37.3 Å². The normalized spacial score (nSPS) is 18.8. The Bertz CT molecular complexity index is 1420. The van der Waals surface area contributed by atoms with Crippen LogP contribution in [0, 0.1) is 0 Å². The number of aromatic hydroxyl groups is 1. The van der Waals surface area contributed by atoms with Crippen LogP contribution in [0.15, 0.2) is 78.9 Å². The van der Waals surface area contributed by atoms with Gasteiger partial charge in [0.2, 0.25) is 5.82 Å². The number of piperazine rings is 1. The minimum Gasteiger partial charge on any atom is -0.508 e. The molecule has 4 aromatic rings. The van der Waals surface area contributed by atoms with Gasteiger partial charge in [0.1, 0.15) is 5.75 Å². The van der Waals surface area contributed by atoms with Crippen LogP contribution in [0.2, 0.25) is 0 Å². The molecule has 1 aliphatic rings. The van der Waals surface area contributed by atoms with Gasteiger partial charge in [0.25, 0.3) is 0 Å². The van der Waals surface area contributed by atoms with Gasteiger partial charge in [-0.15, -0.1) is 10.2 Å². The topological polar surface area (TPSA) is 108 Å². The molecule has 2 heterocycles. The highest BCUT2D eigenvalue weighted by Gasteiger charge is 2.35. The minimum absolute atomic E-state index is 0.0228. The number of aliphatic carboxylic acids is 1. The first-order chi connectivity index (χ1) is 19.9. The van der Waals surface area contributed by atoms with E-state index in [1.807, 2.05) is 24.3 Å². The van der Waals surface area contributed by atoms with E-state index in [9.17, 15) is 9.90 Å². The molecule has 0 unspecified atom stereocenters. The molecule has 1 fully saturated rings. The molecule has 0 spiro atoms. The molecule has 1 aromatic heterocycles. The monoisotopic (exact) mass is 554 g/mol. The number of hydrogen-bond acceptors (Lipinski definition) is 7. The van der Waals surface area contributed by atoms with E-state index < -0.39 is 5.97 Å². The van der Waals surface area contributed by atoms with Gasteiger partial charge < -0.3 is 10.2 Å². The lowest BCUT2D eigenvalue weighted by Gasteiger charge is -2.47. The smallest absolute Gasteiger partial charge is 0.303 e. The van der Waals surface area contributed by atoms with Crippen molar-refractivity contribution in [1.82, 2.24) is 30.0 Å². The number of nitrogens with zero attached hydrogens (tertiary/aromatic N) is 6. The lowest BCUT2D eigenvalue weighted by Crippen LogP contribution is -2.56. The van der Waals surface area contributed by atoms with E-state index in [2.05, 4.69) is 87.6 Å². The second-order valence-corrected chi connectivity index (χ2v) is 11.0. The highest BCUT2D eigenvalue weighted by Crippen LogP contribution is 2.35. The maximum atomic E-state index is 10.7. The molecule has 2 N–H and O–H groups in total. The van der Waals surface area contributed by atoms with Crippen molar-refractivity contribution in [3.05, 3.63) is 95.6 Å². The number of benzene rings is 3. The number of rotatable bonds is 11. The second-order valence-electron chi connectivity index (χ2n) is 11.0. The van der Waals surface area contributed by atoms with Gasteiger partial charge in [-0.3, -0.25) is 14.6 Å². The summed E-state index contributed by atoms with van der Waals surface area (Å²) in [4.78, 5) is 17.4. The number of phenolic OH excluding ortho intramolecular Hbond substituents is 1. The zero-order valence-corrected chi connectivity index (χ0v) is 23.7. The van der Waals surface area contributed by atoms with Crippen LogP contribution < -0.4 is 0 Å². The van der Waals surface area contributed by atoms with E-state index in [0.717, 1.165) is 36.3 Å². The molecular formula is C32H38N6O3. The molecule has 0 bridgehead atoms. The SMILES string of the molecule is C[C@@H]1CN([C@H](c2ccc(-c3nnn(CCCCC(=O)O)n3)cc2)c2cccc(O)c2)[C@@H](C)CN1Cc1ccccc1. The van der Waals surface area contributed by atoms with Gasteiger partial charge in [0.15, 0.2) is 0 Å². The summed E-state index contributed by atoms with van der Waals surface area (Å²) in [6, 6.07) is 27.1. The summed E-state index contributed by atoms with van der Waals surface area (Å²) < 4.78 is 0. The van der Waals surface area contributed by atoms with Crippen molar-refractivity contribution in [2.24, 2.45) is 0 Å². The number of carbonyl (C=O) groups is 1. The Kier molecular flexibility index (Phi) is 9.06. The summed E-state index contributed by atoms with van der Waals surface area (Å²) in [6.45, 7) is 7.88. The van der Waals surface area contributed by atoms with Gasteiger partial charge in [-0.25, -0.2) is 0 Å². The molecule has 3 aromatic carbocycles. The second kappa shape index (κ2) is 13.1. The van der Waals surface area contributed by atoms with E-state index in [4.69, 9.17) is 5.11 Å². The highest BCUT2D eigenvalue weighted by atomic mass is 16.4. The van der Waals surface area contributed by atoms with E-state index in [1.165, 1.54) is 10.4 Å². The van der Waals surface area contributed by atoms with E-state index >= 15 is 0 Å². The number of hydrogen-bond donors (Lipinski definition) is 2.